The summed E-state index contributed by atoms with van der Waals surface area (Å²) < 4.78 is 0. The van der Waals surface area contributed by atoms with Gasteiger partial charge in [-0.05, 0) is 36.4 Å². The van der Waals surface area contributed by atoms with Gasteiger partial charge in [-0.15, -0.1) is 0 Å². The summed E-state index contributed by atoms with van der Waals surface area (Å²) in [7, 11) is 0. The van der Waals surface area contributed by atoms with Gasteiger partial charge >= 0.3 is 0 Å². The number of carbonyl (C=O) groups is 2. The minimum atomic E-state index is -0.163. The minimum Gasteiger partial charge on any atom is -0.368 e. The van der Waals surface area contributed by atoms with E-state index in [2.05, 4.69) is 17.0 Å². The van der Waals surface area contributed by atoms with Crippen molar-refractivity contribution < 1.29 is 9.59 Å². The van der Waals surface area contributed by atoms with Gasteiger partial charge in [-0.1, -0.05) is 29.8 Å². The van der Waals surface area contributed by atoms with Crippen molar-refractivity contribution in [3.63, 3.8) is 0 Å². The van der Waals surface area contributed by atoms with E-state index in [9.17, 15) is 9.59 Å². The molecular formula is C20H22ClN3O2. The Morgan fingerprint density at radius 2 is 1.58 bits per heavy atom. The quantitative estimate of drug-likeness (QED) is 0.829. The molecule has 1 aliphatic heterocycles. The molecule has 0 unspecified atom stereocenters. The van der Waals surface area contributed by atoms with E-state index in [0.717, 1.165) is 13.1 Å². The van der Waals surface area contributed by atoms with Gasteiger partial charge < -0.3 is 14.7 Å². The lowest BCUT2D eigenvalue weighted by Gasteiger charge is -2.37. The predicted octanol–water partition coefficient (Wildman–Crippen LogP) is 3.04. The van der Waals surface area contributed by atoms with Crippen LogP contribution in [0.4, 0.5) is 11.4 Å². The first-order valence-electron chi connectivity index (χ1n) is 8.66. The Balaban J connectivity index is 1.60. The number of anilines is 2. The van der Waals surface area contributed by atoms with E-state index in [1.54, 1.807) is 24.3 Å². The number of nitrogens with zero attached hydrogens (tertiary/aromatic N) is 3. The van der Waals surface area contributed by atoms with Crippen LogP contribution in [0.2, 0.25) is 5.02 Å². The van der Waals surface area contributed by atoms with Crippen LogP contribution in [-0.4, -0.2) is 49.4 Å². The zero-order chi connectivity index (χ0) is 18.5. The molecule has 0 bridgehead atoms. The van der Waals surface area contributed by atoms with E-state index in [-0.39, 0.29) is 18.4 Å². The first-order valence-corrected chi connectivity index (χ1v) is 9.04. The highest BCUT2D eigenvalue weighted by Crippen LogP contribution is 2.19. The second kappa shape index (κ2) is 8.23. The fraction of sp³-hybridized carbons (Fsp3) is 0.300. The molecule has 0 aliphatic carbocycles. The monoisotopic (exact) mass is 371 g/mol. The summed E-state index contributed by atoms with van der Waals surface area (Å²) in [5.74, 6) is -0.202. The molecule has 0 aromatic heterocycles. The van der Waals surface area contributed by atoms with Gasteiger partial charge in [-0.25, -0.2) is 0 Å². The summed E-state index contributed by atoms with van der Waals surface area (Å²) in [5, 5.41) is 0.598. The summed E-state index contributed by atoms with van der Waals surface area (Å²) in [6, 6.07) is 17.1. The second-order valence-electron chi connectivity index (χ2n) is 6.28. The van der Waals surface area contributed by atoms with Crippen molar-refractivity contribution in [2.45, 2.75) is 6.92 Å². The molecule has 0 saturated carbocycles. The summed E-state index contributed by atoms with van der Waals surface area (Å²) in [4.78, 5) is 30.3. The van der Waals surface area contributed by atoms with E-state index < -0.39 is 0 Å². The van der Waals surface area contributed by atoms with Crippen molar-refractivity contribution in [2.75, 3.05) is 42.5 Å². The first-order chi connectivity index (χ1) is 12.5. The molecule has 136 valence electrons. The van der Waals surface area contributed by atoms with Crippen LogP contribution in [0, 0.1) is 0 Å². The highest BCUT2D eigenvalue weighted by atomic mass is 35.5. The molecular weight excluding hydrogens is 350 g/mol. The van der Waals surface area contributed by atoms with Crippen LogP contribution in [0.15, 0.2) is 54.6 Å². The van der Waals surface area contributed by atoms with Gasteiger partial charge in [-0.2, -0.15) is 0 Å². The normalized spacial score (nSPS) is 14.2. The van der Waals surface area contributed by atoms with Crippen molar-refractivity contribution in [3.8, 4) is 0 Å². The third-order valence-electron chi connectivity index (χ3n) is 4.57. The van der Waals surface area contributed by atoms with Crippen molar-refractivity contribution >= 4 is 34.8 Å². The molecule has 3 rings (SSSR count). The van der Waals surface area contributed by atoms with Crippen LogP contribution < -0.4 is 9.80 Å². The Kier molecular flexibility index (Phi) is 5.78. The minimum absolute atomic E-state index is 0.0390. The van der Waals surface area contributed by atoms with Crippen molar-refractivity contribution in [2.24, 2.45) is 0 Å². The Morgan fingerprint density at radius 3 is 2.15 bits per heavy atom. The Labute approximate surface area is 158 Å². The number of halogens is 1. The van der Waals surface area contributed by atoms with Gasteiger partial charge in [0.25, 0.3) is 0 Å². The summed E-state index contributed by atoms with van der Waals surface area (Å²) in [5.41, 5.74) is 1.85. The molecule has 0 N–H and O–H groups in total. The molecule has 0 atom stereocenters. The summed E-state index contributed by atoms with van der Waals surface area (Å²) >= 11 is 5.90. The number of amides is 2. The number of para-hydroxylation sites is 1. The third-order valence-corrected chi connectivity index (χ3v) is 4.82. The second-order valence-corrected chi connectivity index (χ2v) is 6.72. The maximum Gasteiger partial charge on any atom is 0.242 e. The molecule has 1 saturated heterocycles. The molecule has 5 nitrogen and oxygen atoms in total. The molecule has 2 aromatic rings. The van der Waals surface area contributed by atoms with Crippen molar-refractivity contribution in [1.82, 2.24) is 4.90 Å². The van der Waals surface area contributed by atoms with Gasteiger partial charge in [0.1, 0.15) is 6.54 Å². The highest BCUT2D eigenvalue weighted by Gasteiger charge is 2.24. The molecule has 1 heterocycles. The number of benzene rings is 2. The average Bonchev–Trinajstić information content (AvgIpc) is 2.67. The fourth-order valence-electron chi connectivity index (χ4n) is 3.09. The predicted molar refractivity (Wildman–Crippen MR) is 105 cm³/mol. The van der Waals surface area contributed by atoms with Gasteiger partial charge in [0, 0.05) is 49.5 Å². The lowest BCUT2D eigenvalue weighted by atomic mass is 10.2. The van der Waals surface area contributed by atoms with Gasteiger partial charge in [0.05, 0.1) is 0 Å². The first kappa shape index (κ1) is 18.3. The van der Waals surface area contributed by atoms with E-state index >= 15 is 0 Å². The topological polar surface area (TPSA) is 43.9 Å². The molecule has 0 radical (unpaired) electrons. The van der Waals surface area contributed by atoms with Crippen LogP contribution >= 0.6 is 11.6 Å². The van der Waals surface area contributed by atoms with E-state index in [1.165, 1.54) is 17.5 Å². The van der Waals surface area contributed by atoms with Crippen LogP contribution in [0.3, 0.4) is 0 Å². The maximum absolute atomic E-state index is 12.7. The Hall–Kier alpha value is -2.53. The largest absolute Gasteiger partial charge is 0.368 e. The molecule has 6 heteroatoms. The maximum atomic E-state index is 12.7. The zero-order valence-electron chi connectivity index (χ0n) is 14.8. The Morgan fingerprint density at radius 1 is 0.962 bits per heavy atom. The summed E-state index contributed by atoms with van der Waals surface area (Å²) in [6.07, 6.45) is 0. The number of piperazine rings is 1. The fourth-order valence-corrected chi connectivity index (χ4v) is 3.22. The van der Waals surface area contributed by atoms with E-state index in [0.29, 0.717) is 23.8 Å². The zero-order valence-corrected chi connectivity index (χ0v) is 15.5. The van der Waals surface area contributed by atoms with Gasteiger partial charge in [0.2, 0.25) is 11.8 Å². The Bertz CT molecular complexity index is 756. The van der Waals surface area contributed by atoms with Crippen molar-refractivity contribution in [3.05, 3.63) is 59.6 Å². The molecule has 1 aliphatic rings. The number of hydrogen-bond acceptors (Lipinski definition) is 3. The van der Waals surface area contributed by atoms with Crippen LogP contribution in [0.25, 0.3) is 0 Å². The number of rotatable bonds is 4. The lowest BCUT2D eigenvalue weighted by molar-refractivity contribution is -0.131. The van der Waals surface area contributed by atoms with Gasteiger partial charge in [-0.3, -0.25) is 9.59 Å². The van der Waals surface area contributed by atoms with Gasteiger partial charge in [0.15, 0.2) is 0 Å². The van der Waals surface area contributed by atoms with Crippen LogP contribution in [-0.2, 0) is 9.59 Å². The molecule has 26 heavy (non-hydrogen) atoms. The standard InChI is InChI=1S/C20H22ClN3O2/c1-16(25)24(19-9-7-17(21)8-10-19)15-20(26)23-13-11-22(12-14-23)18-5-3-2-4-6-18/h2-10H,11-15H2,1H3. The highest BCUT2D eigenvalue weighted by molar-refractivity contribution is 6.30. The summed E-state index contributed by atoms with van der Waals surface area (Å²) in [6.45, 7) is 4.39. The smallest absolute Gasteiger partial charge is 0.242 e. The van der Waals surface area contributed by atoms with Crippen LogP contribution in [0.5, 0.6) is 0 Å². The van der Waals surface area contributed by atoms with Crippen LogP contribution in [0.1, 0.15) is 6.92 Å². The molecule has 2 amide bonds. The van der Waals surface area contributed by atoms with E-state index in [1.807, 2.05) is 23.1 Å². The molecule has 2 aromatic carbocycles. The molecule has 0 spiro atoms. The number of carbonyl (C=O) groups excluding carboxylic acids is 2. The lowest BCUT2D eigenvalue weighted by Crippen LogP contribution is -2.51. The molecule has 1 fully saturated rings. The average molecular weight is 372 g/mol. The van der Waals surface area contributed by atoms with E-state index in [4.69, 9.17) is 11.6 Å². The SMILES string of the molecule is CC(=O)N(CC(=O)N1CCN(c2ccccc2)CC1)c1ccc(Cl)cc1. The number of hydrogen-bond donors (Lipinski definition) is 0. The van der Waals surface area contributed by atoms with Crippen molar-refractivity contribution in [1.29, 1.82) is 0 Å². The third kappa shape index (κ3) is 4.35.